The molecule has 208 valence electrons. The second-order valence-corrected chi connectivity index (χ2v) is 12.0. The molecule has 37 heavy (non-hydrogen) atoms. The van der Waals surface area contributed by atoms with E-state index in [0.717, 1.165) is 6.42 Å². The minimum Gasteiger partial charge on any atom is -0.384 e. The van der Waals surface area contributed by atoms with Crippen molar-refractivity contribution in [3.63, 3.8) is 0 Å². The lowest BCUT2D eigenvalue weighted by Gasteiger charge is -2.17. The molecule has 0 aromatic heterocycles. The summed E-state index contributed by atoms with van der Waals surface area (Å²) in [5.74, 6) is 8.25. The van der Waals surface area contributed by atoms with Gasteiger partial charge < -0.3 is 10.4 Å². The Labute approximate surface area is 226 Å². The van der Waals surface area contributed by atoms with Crippen LogP contribution in [0.1, 0.15) is 96.4 Å². The van der Waals surface area contributed by atoms with Gasteiger partial charge in [0.2, 0.25) is 11.6 Å². The van der Waals surface area contributed by atoms with E-state index in [0.29, 0.717) is 0 Å². The Morgan fingerprint density at radius 1 is 0.757 bits per heavy atom. The van der Waals surface area contributed by atoms with Gasteiger partial charge in [0.25, 0.3) is 5.91 Å². The quantitative estimate of drug-likeness (QED) is 0.308. The SMILES string of the molecule is C#CC(=O)C(C)(C)C.C#CC(=O)NC(C)(C)C.CC(C)(C)C(=O)C#CCO.CC/C=C/C(=O)C(C)(C)C. The molecular formula is C31H49NO5. The van der Waals surface area contributed by atoms with Crippen LogP contribution in [0.15, 0.2) is 12.2 Å². The van der Waals surface area contributed by atoms with Gasteiger partial charge in [-0.3, -0.25) is 19.2 Å². The third-order valence-corrected chi connectivity index (χ3v) is 3.64. The Morgan fingerprint density at radius 2 is 1.19 bits per heavy atom. The maximum absolute atomic E-state index is 11.1. The highest BCUT2D eigenvalue weighted by Gasteiger charge is 2.19. The molecule has 0 bridgehead atoms. The van der Waals surface area contributed by atoms with Crippen molar-refractivity contribution in [2.24, 2.45) is 16.2 Å². The van der Waals surface area contributed by atoms with Crippen LogP contribution in [0, 0.1) is 52.8 Å². The molecule has 1 amide bonds. The molecule has 0 aliphatic rings. The van der Waals surface area contributed by atoms with Crippen LogP contribution in [-0.4, -0.2) is 40.5 Å². The van der Waals surface area contributed by atoms with Gasteiger partial charge >= 0.3 is 0 Å². The lowest BCUT2D eigenvalue weighted by atomic mass is 9.90. The molecule has 0 radical (unpaired) electrons. The maximum Gasteiger partial charge on any atom is 0.296 e. The van der Waals surface area contributed by atoms with Gasteiger partial charge in [0.05, 0.1) is 0 Å². The molecule has 0 unspecified atom stereocenters. The van der Waals surface area contributed by atoms with E-state index < -0.39 is 5.41 Å². The van der Waals surface area contributed by atoms with Crippen molar-refractivity contribution in [2.75, 3.05) is 6.61 Å². The van der Waals surface area contributed by atoms with E-state index >= 15 is 0 Å². The van der Waals surface area contributed by atoms with Gasteiger partial charge in [-0.1, -0.05) is 81.2 Å². The van der Waals surface area contributed by atoms with E-state index in [1.165, 1.54) is 0 Å². The zero-order valence-corrected chi connectivity index (χ0v) is 25.3. The van der Waals surface area contributed by atoms with Crippen molar-refractivity contribution in [1.82, 2.24) is 5.32 Å². The second-order valence-electron chi connectivity index (χ2n) is 12.0. The molecule has 6 nitrogen and oxygen atoms in total. The first-order chi connectivity index (χ1) is 16.4. The molecule has 0 heterocycles. The van der Waals surface area contributed by atoms with Crippen LogP contribution in [0.3, 0.4) is 0 Å². The summed E-state index contributed by atoms with van der Waals surface area (Å²) < 4.78 is 0. The molecule has 0 spiro atoms. The maximum atomic E-state index is 11.1. The lowest BCUT2D eigenvalue weighted by molar-refractivity contribution is -0.121. The van der Waals surface area contributed by atoms with Gasteiger partial charge in [0, 0.05) is 21.8 Å². The van der Waals surface area contributed by atoms with E-state index in [1.54, 1.807) is 47.6 Å². The Morgan fingerprint density at radius 3 is 1.38 bits per heavy atom. The number of terminal acetylenes is 2. The number of aliphatic hydroxyl groups is 1. The molecule has 2 N–H and O–H groups in total. The van der Waals surface area contributed by atoms with E-state index in [1.807, 2.05) is 60.5 Å². The fourth-order valence-corrected chi connectivity index (χ4v) is 1.38. The highest BCUT2D eigenvalue weighted by Crippen LogP contribution is 2.15. The molecule has 0 aliphatic heterocycles. The Bertz CT molecular complexity index is 901. The van der Waals surface area contributed by atoms with E-state index in [-0.39, 0.29) is 46.2 Å². The summed E-state index contributed by atoms with van der Waals surface area (Å²) in [6, 6.07) is 0. The van der Waals surface area contributed by atoms with Gasteiger partial charge in [-0.25, -0.2) is 0 Å². The second kappa shape index (κ2) is 19.0. The topological polar surface area (TPSA) is 101 Å². The number of nitrogens with one attached hydrogen (secondary N) is 1. The third-order valence-electron chi connectivity index (χ3n) is 3.64. The molecule has 0 saturated heterocycles. The van der Waals surface area contributed by atoms with Crippen molar-refractivity contribution in [3.8, 4) is 36.5 Å². The fraction of sp³-hybridized carbons (Fsp3) is 0.613. The summed E-state index contributed by atoms with van der Waals surface area (Å²) in [7, 11) is 0. The van der Waals surface area contributed by atoms with Crippen molar-refractivity contribution < 1.29 is 24.3 Å². The number of carbonyl (C=O) groups is 4. The standard InChI is InChI=1S/C9H16O.C8H12O2.C7H11NO.C7H10O/c1-5-6-7-8(10)9(2,3)4;1-8(2,3)7(10)5-4-6-9;1-5-6(9)8-7(2,3)4;1-5-6(8)7(2,3)4/h6-7H,5H2,1-4H3;9H,6H2,1-3H3;1H,2-4H3,(H,8,9);1H,2-4H3/b7-6+;;;. The average Bonchev–Trinajstić information content (AvgIpc) is 2.73. The van der Waals surface area contributed by atoms with E-state index in [2.05, 4.69) is 23.1 Å². The molecular weight excluding hydrogens is 466 g/mol. The smallest absolute Gasteiger partial charge is 0.296 e. The van der Waals surface area contributed by atoms with Gasteiger partial charge in [-0.15, -0.1) is 12.8 Å². The third kappa shape index (κ3) is 30.8. The van der Waals surface area contributed by atoms with E-state index in [9.17, 15) is 19.2 Å². The first kappa shape index (κ1) is 41.0. The molecule has 0 fully saturated rings. The number of amides is 1. The number of rotatable bonds is 2. The van der Waals surface area contributed by atoms with Crippen LogP contribution in [-0.2, 0) is 19.2 Å². The first-order valence-electron chi connectivity index (χ1n) is 12.1. The number of hydrogen-bond acceptors (Lipinski definition) is 5. The van der Waals surface area contributed by atoms with Crippen LogP contribution in [0.25, 0.3) is 0 Å². The summed E-state index contributed by atoms with van der Waals surface area (Å²) in [4.78, 5) is 43.2. The van der Waals surface area contributed by atoms with Gasteiger partial charge in [0.15, 0.2) is 5.78 Å². The number of ketones is 3. The summed E-state index contributed by atoms with van der Waals surface area (Å²) in [6.45, 7) is 24.0. The van der Waals surface area contributed by atoms with Crippen molar-refractivity contribution in [3.05, 3.63) is 12.2 Å². The summed E-state index contributed by atoms with van der Waals surface area (Å²) >= 11 is 0. The number of Topliss-reactive ketones (excluding diaryl/α,β-unsaturated/α-hetero) is 2. The monoisotopic (exact) mass is 515 g/mol. The predicted octanol–water partition coefficient (Wildman–Crippen LogP) is 4.93. The van der Waals surface area contributed by atoms with Crippen molar-refractivity contribution in [2.45, 2.75) is 102 Å². The Hall–Kier alpha value is -3.14. The zero-order valence-electron chi connectivity index (χ0n) is 25.3. The zero-order chi connectivity index (χ0) is 30.7. The van der Waals surface area contributed by atoms with Gasteiger partial charge in [-0.2, -0.15) is 0 Å². The number of carbonyl (C=O) groups excluding carboxylic acids is 4. The van der Waals surface area contributed by atoms with Crippen LogP contribution >= 0.6 is 0 Å². The molecule has 0 aromatic carbocycles. The van der Waals surface area contributed by atoms with Gasteiger partial charge in [0.1, 0.15) is 6.61 Å². The van der Waals surface area contributed by atoms with Gasteiger partial charge in [-0.05, 0) is 51.0 Å². The summed E-state index contributed by atoms with van der Waals surface area (Å²) in [6.07, 6.45) is 14.2. The summed E-state index contributed by atoms with van der Waals surface area (Å²) in [5, 5.41) is 10.8. The summed E-state index contributed by atoms with van der Waals surface area (Å²) in [5.41, 5.74) is -1.22. The minimum atomic E-state index is -0.415. The Balaban J connectivity index is -0.000000197. The Kier molecular flexibility index (Phi) is 21.1. The van der Waals surface area contributed by atoms with Crippen LogP contribution in [0.2, 0.25) is 0 Å². The van der Waals surface area contributed by atoms with Crippen molar-refractivity contribution >= 4 is 23.3 Å². The molecule has 0 aromatic rings. The lowest BCUT2D eigenvalue weighted by Crippen LogP contribution is -2.39. The highest BCUT2D eigenvalue weighted by atomic mass is 16.2. The average molecular weight is 516 g/mol. The molecule has 0 saturated carbocycles. The molecule has 0 rings (SSSR count). The fourth-order valence-electron chi connectivity index (χ4n) is 1.38. The minimum absolute atomic E-state index is 0.137. The van der Waals surface area contributed by atoms with Crippen LogP contribution in [0.5, 0.6) is 0 Å². The molecule has 6 heteroatoms. The molecule has 0 atom stereocenters. The molecule has 0 aliphatic carbocycles. The normalized spacial score (nSPS) is 10.7. The van der Waals surface area contributed by atoms with Crippen LogP contribution in [0.4, 0.5) is 0 Å². The van der Waals surface area contributed by atoms with Crippen LogP contribution < -0.4 is 5.32 Å². The highest BCUT2D eigenvalue weighted by molar-refractivity contribution is 5.99. The number of hydrogen-bond donors (Lipinski definition) is 2. The van der Waals surface area contributed by atoms with Crippen molar-refractivity contribution in [1.29, 1.82) is 0 Å². The van der Waals surface area contributed by atoms with E-state index in [4.69, 9.17) is 18.0 Å². The number of allylic oxidation sites excluding steroid dienone is 2. The first-order valence-corrected chi connectivity index (χ1v) is 12.1. The number of aliphatic hydroxyl groups excluding tert-OH is 1. The predicted molar refractivity (Wildman–Crippen MR) is 153 cm³/mol. The largest absolute Gasteiger partial charge is 0.384 e.